The number of rotatable bonds is 22. The monoisotopic (exact) mass is 1020 g/mol. The summed E-state index contributed by atoms with van der Waals surface area (Å²) < 4.78 is 0.832. The first kappa shape index (κ1) is 60.0. The van der Waals surface area contributed by atoms with E-state index in [4.69, 9.17) is 28.7 Å². The Balaban J connectivity index is 2.66. The molecule has 1 heterocycles. The number of nitrogens with two attached hydrogens (primary N) is 5. The van der Waals surface area contributed by atoms with E-state index in [-0.39, 0.29) is 62.7 Å². The summed E-state index contributed by atoms with van der Waals surface area (Å²) in [4.78, 5) is 139. The van der Waals surface area contributed by atoms with Crippen LogP contribution >= 0.6 is 21.6 Å². The summed E-state index contributed by atoms with van der Waals surface area (Å²) >= 11 is 0. The molecule has 1 aliphatic heterocycles. The Morgan fingerprint density at radius 2 is 1.46 bits per heavy atom. The fourth-order valence-electron chi connectivity index (χ4n) is 6.97. The normalized spacial score (nSPS) is 22.2. The highest BCUT2D eigenvalue weighted by molar-refractivity contribution is 8.76. The number of nitrogens with zero attached hydrogens (tertiary/aromatic N) is 2. The maximum absolute atomic E-state index is 14.4. The molecule has 70 heavy (non-hydrogen) atoms. The van der Waals surface area contributed by atoms with E-state index in [9.17, 15) is 47.9 Å². The number of nitrogens with one attached hydrogen (secondary N) is 7. The van der Waals surface area contributed by atoms with Crippen molar-refractivity contribution in [2.45, 2.75) is 127 Å². The second-order valence-electron chi connectivity index (χ2n) is 16.6. The first-order chi connectivity index (χ1) is 33.3. The van der Waals surface area contributed by atoms with E-state index in [0.717, 1.165) is 26.2 Å². The minimum absolute atomic E-state index is 0.0169. The van der Waals surface area contributed by atoms with Crippen LogP contribution in [-0.2, 0) is 54.4 Å². The molecule has 0 spiro atoms. The second-order valence-corrected chi connectivity index (χ2v) is 19.1. The third-order valence-electron chi connectivity index (χ3n) is 11.1. The lowest BCUT2D eigenvalue weighted by Crippen LogP contribution is -2.61. The number of carbonyl (C=O) groups is 10. The summed E-state index contributed by atoms with van der Waals surface area (Å²) in [7, 11) is 2.05. The van der Waals surface area contributed by atoms with Gasteiger partial charge in [-0.3, -0.25) is 43.3 Å². The van der Waals surface area contributed by atoms with Gasteiger partial charge in [0.1, 0.15) is 43.2 Å². The molecule has 1 aromatic rings. The smallest absolute Gasteiger partial charge is 0.370 e. The zero-order valence-electron chi connectivity index (χ0n) is 39.9. The molecular weight excluding hydrogens is 949 g/mol. The zero-order valence-corrected chi connectivity index (χ0v) is 41.6. The number of unbranched alkanes of at least 4 members (excludes halogenated alkanes) is 1. The molecule has 1 aliphatic rings. The average molecular weight is 1020 g/mol. The number of carbonyl (C=O) groups excluding carboxylic acids is 10. The van der Waals surface area contributed by atoms with Crippen LogP contribution in [0.3, 0.4) is 0 Å². The van der Waals surface area contributed by atoms with E-state index < -0.39 is 114 Å². The highest BCUT2D eigenvalue weighted by Crippen LogP contribution is 2.24. The van der Waals surface area contributed by atoms with E-state index in [1.807, 2.05) is 0 Å². The van der Waals surface area contributed by atoms with Crippen LogP contribution in [0.4, 0.5) is 0 Å². The number of hydrogen-bond acceptors (Lipinski definition) is 15. The first-order valence-electron chi connectivity index (χ1n) is 23.0. The second kappa shape index (κ2) is 31.9. The van der Waals surface area contributed by atoms with Gasteiger partial charge in [0.05, 0.1) is 19.0 Å². The summed E-state index contributed by atoms with van der Waals surface area (Å²) in [5.41, 5.74) is 29.2. The Bertz CT molecular complexity index is 2010. The van der Waals surface area contributed by atoms with Crippen molar-refractivity contribution in [2.75, 3.05) is 31.1 Å². The van der Waals surface area contributed by atoms with Gasteiger partial charge in [-0.15, -0.1) is 0 Å². The molecule has 0 radical (unpaired) electrons. The molecule has 17 N–H and O–H groups in total. The lowest BCUT2D eigenvalue weighted by atomic mass is 9.96. The molecule has 2 rings (SSSR count). The first-order valence-corrected chi connectivity index (χ1v) is 25.5. The van der Waals surface area contributed by atoms with Crippen LogP contribution in [0.2, 0.25) is 0 Å². The van der Waals surface area contributed by atoms with E-state index in [1.165, 1.54) is 0 Å². The summed E-state index contributed by atoms with van der Waals surface area (Å²) in [5, 5.41) is 18.2. The predicted octanol–water partition coefficient (Wildman–Crippen LogP) is -3.70. The number of amides is 9. The Labute approximate surface area is 415 Å². The number of hydrogen-bond donors (Lipinski definition) is 12. The summed E-state index contributed by atoms with van der Waals surface area (Å²) in [6, 6.07) is -1.91. The lowest BCUT2D eigenvalue weighted by Gasteiger charge is -2.29. The van der Waals surface area contributed by atoms with Crippen LogP contribution < -0.4 is 65.9 Å². The van der Waals surface area contributed by atoms with Gasteiger partial charge in [-0.25, -0.2) is 4.79 Å². The van der Waals surface area contributed by atoms with E-state index in [0.29, 0.717) is 37.7 Å². The number of benzene rings is 1. The van der Waals surface area contributed by atoms with Crippen molar-refractivity contribution in [1.29, 1.82) is 0 Å². The van der Waals surface area contributed by atoms with Crippen LogP contribution in [-0.4, -0.2) is 156 Å². The molecule has 26 heteroatoms. The number of aldehydes is 1. The number of aliphatic imine (C=N–C) groups is 1. The minimum atomic E-state index is -1.72. The molecular formula is C44H71N14O10S2+. The van der Waals surface area contributed by atoms with Gasteiger partial charge in [-0.2, -0.15) is 4.58 Å². The maximum Gasteiger partial charge on any atom is 0.410 e. The van der Waals surface area contributed by atoms with Gasteiger partial charge >= 0.3 is 5.91 Å². The minimum Gasteiger partial charge on any atom is -0.370 e. The SMILES string of the molecule is C=[N+](C(=O)[C@@H]1CSSC[C@H](N)C(=O)N[C@@H](Cc2ccccc2)C(=O)N[C@@H]([C@@H](C)CC)C(=O)N[C@@H](CCCN=C(N)N)C(=O)N[C@@H](CC(N)=O)C(=O)N1)[C@@H](CC)C(=O)N[C@@H](CCCCN)C(=O)NCC=O. The molecule has 388 valence electrons. The van der Waals surface area contributed by atoms with Crippen molar-refractivity contribution in [3.63, 3.8) is 0 Å². The number of guanidine groups is 1. The van der Waals surface area contributed by atoms with Crippen molar-refractivity contribution >= 4 is 93.7 Å². The van der Waals surface area contributed by atoms with Gasteiger partial charge in [-0.1, -0.05) is 79.1 Å². The average Bonchev–Trinajstić information content (AvgIpc) is 3.32. The summed E-state index contributed by atoms with van der Waals surface area (Å²) in [6.45, 7) is 8.96. The van der Waals surface area contributed by atoms with E-state index in [1.54, 1.807) is 51.1 Å². The van der Waals surface area contributed by atoms with Crippen LogP contribution in [0.5, 0.6) is 0 Å². The zero-order chi connectivity index (χ0) is 52.3. The Kier molecular flexibility index (Phi) is 27.3. The summed E-state index contributed by atoms with van der Waals surface area (Å²) in [6.07, 6.45) is 1.27. The predicted molar refractivity (Wildman–Crippen MR) is 266 cm³/mol. The molecule has 0 unspecified atom stereocenters. The highest BCUT2D eigenvalue weighted by atomic mass is 33.1. The van der Waals surface area contributed by atoms with Crippen molar-refractivity contribution in [2.24, 2.45) is 39.6 Å². The van der Waals surface area contributed by atoms with Gasteiger partial charge < -0.3 is 70.7 Å². The van der Waals surface area contributed by atoms with Gasteiger partial charge in [0.25, 0.3) is 5.91 Å². The van der Waals surface area contributed by atoms with Crippen molar-refractivity contribution < 1.29 is 52.5 Å². The molecule has 9 atom stereocenters. The van der Waals surface area contributed by atoms with Gasteiger partial charge in [0.2, 0.25) is 47.4 Å². The molecule has 0 saturated carbocycles. The van der Waals surface area contributed by atoms with E-state index >= 15 is 0 Å². The third-order valence-corrected chi connectivity index (χ3v) is 13.6. The largest absolute Gasteiger partial charge is 0.410 e. The van der Waals surface area contributed by atoms with Crippen LogP contribution in [0.25, 0.3) is 0 Å². The third kappa shape index (κ3) is 20.9. The van der Waals surface area contributed by atoms with Crippen LogP contribution in [0.1, 0.15) is 77.7 Å². The van der Waals surface area contributed by atoms with Gasteiger partial charge in [0, 0.05) is 30.9 Å². The van der Waals surface area contributed by atoms with Crippen molar-refractivity contribution in [3.05, 3.63) is 35.9 Å². The molecule has 1 aromatic carbocycles. The van der Waals surface area contributed by atoms with Crippen molar-refractivity contribution in [3.8, 4) is 0 Å². The quantitative estimate of drug-likeness (QED) is 0.0133. The highest BCUT2D eigenvalue weighted by Gasteiger charge is 2.41. The molecule has 1 saturated heterocycles. The van der Waals surface area contributed by atoms with Crippen molar-refractivity contribution in [1.82, 2.24) is 37.2 Å². The van der Waals surface area contributed by atoms with Crippen LogP contribution in [0, 0.1) is 5.92 Å². The molecule has 9 amide bonds. The summed E-state index contributed by atoms with van der Waals surface area (Å²) in [5.74, 6) is -8.61. The Hall–Kier alpha value is -6.12. The van der Waals surface area contributed by atoms with Gasteiger partial charge in [-0.05, 0) is 50.1 Å². The fourth-order valence-corrected chi connectivity index (χ4v) is 9.24. The molecule has 0 aliphatic carbocycles. The molecule has 0 bridgehead atoms. The topological polar surface area (TPSA) is 400 Å². The van der Waals surface area contributed by atoms with Crippen LogP contribution in [0.15, 0.2) is 35.3 Å². The molecule has 1 fully saturated rings. The Morgan fingerprint density at radius 3 is 2.07 bits per heavy atom. The Morgan fingerprint density at radius 1 is 0.829 bits per heavy atom. The van der Waals surface area contributed by atoms with E-state index in [2.05, 4.69) is 48.9 Å². The lowest BCUT2D eigenvalue weighted by molar-refractivity contribution is -0.469. The fraction of sp³-hybridized carbons (Fsp3) is 0.591. The maximum atomic E-state index is 14.4. The standard InChI is InChI=1S/C44H70N14O10S2/c1-5-25(3)35-42(67)53-29(16-12-18-51-44(48)49)38(63)55-31(22-34(47)60)39(64)56-32(24-70-69-23-27(46)36(61)54-30(40(65)57-35)21-26-13-8-7-9-14-26)43(68)58(4)33(6-2)41(66)52-28(15-10-11-17-45)37(62)50-19-20-59/h7-9,13-14,20,25,27-33,35H,4-6,10-12,15-19,21-24,45-46H2,1-3H3,(H12-,47,48,49,50,51,52,53,54,55,56,57,60,61,62,63,64,65,66,67)/p+1/t25-,27-,28-,29-,30-,31-,32-,33-,35-/m0/s1. The van der Waals surface area contributed by atoms with Gasteiger partial charge in [0.15, 0.2) is 12.0 Å². The number of primary amides is 1. The molecule has 24 nitrogen and oxygen atoms in total. The molecule has 0 aromatic heterocycles.